The Labute approximate surface area is 135 Å². The van der Waals surface area contributed by atoms with Gasteiger partial charge in [-0.05, 0) is 48.9 Å². The van der Waals surface area contributed by atoms with Crippen molar-refractivity contribution < 1.29 is 4.74 Å². The second-order valence-corrected chi connectivity index (χ2v) is 7.33. The molecule has 0 aliphatic rings. The van der Waals surface area contributed by atoms with Crippen LogP contribution < -0.4 is 10.1 Å². The minimum absolute atomic E-state index is 0.271. The molecule has 2 atom stereocenters. The third-order valence-corrected chi connectivity index (χ3v) is 4.51. The summed E-state index contributed by atoms with van der Waals surface area (Å²) in [6.07, 6.45) is 2.18. The fraction of sp³-hybridized carbons (Fsp3) is 0.667. The van der Waals surface area contributed by atoms with Gasteiger partial charge in [-0.25, -0.2) is 0 Å². The van der Waals surface area contributed by atoms with Gasteiger partial charge in [0.2, 0.25) is 0 Å². The molecule has 0 heterocycles. The van der Waals surface area contributed by atoms with Crippen LogP contribution in [0, 0.1) is 11.3 Å². The van der Waals surface area contributed by atoms with Gasteiger partial charge in [-0.1, -0.05) is 46.2 Å². The lowest BCUT2D eigenvalue weighted by atomic mass is 9.77. The molecule has 1 aromatic rings. The molecule has 120 valence electrons. The second kappa shape index (κ2) is 8.05. The van der Waals surface area contributed by atoms with E-state index in [1.54, 1.807) is 7.11 Å². The Morgan fingerprint density at radius 2 is 1.95 bits per heavy atom. The molecular formula is C18H30ClNO. The van der Waals surface area contributed by atoms with Crippen LogP contribution in [-0.2, 0) is 0 Å². The fourth-order valence-corrected chi connectivity index (χ4v) is 2.50. The fourth-order valence-electron chi connectivity index (χ4n) is 2.32. The first-order valence-corrected chi connectivity index (χ1v) is 8.24. The summed E-state index contributed by atoms with van der Waals surface area (Å²) in [5.74, 6) is 1.50. The van der Waals surface area contributed by atoms with Crippen molar-refractivity contribution in [1.29, 1.82) is 0 Å². The molecule has 2 nitrogen and oxygen atoms in total. The summed E-state index contributed by atoms with van der Waals surface area (Å²) in [5, 5.41) is 4.41. The van der Waals surface area contributed by atoms with Gasteiger partial charge in [-0.15, -0.1) is 0 Å². The van der Waals surface area contributed by atoms with E-state index in [2.05, 4.69) is 39.9 Å². The first kappa shape index (κ1) is 18.3. The van der Waals surface area contributed by atoms with Crippen LogP contribution in [0.1, 0.15) is 59.1 Å². The van der Waals surface area contributed by atoms with Crippen molar-refractivity contribution >= 4 is 11.6 Å². The van der Waals surface area contributed by atoms with Crippen LogP contribution in [0.3, 0.4) is 0 Å². The van der Waals surface area contributed by atoms with E-state index in [1.807, 2.05) is 18.2 Å². The number of benzene rings is 1. The van der Waals surface area contributed by atoms with Crippen LogP contribution >= 0.6 is 11.6 Å². The Balaban J connectivity index is 3.04. The molecule has 0 fully saturated rings. The van der Waals surface area contributed by atoms with Gasteiger partial charge < -0.3 is 10.1 Å². The zero-order chi connectivity index (χ0) is 16.0. The Kier molecular flexibility index (Phi) is 7.02. The summed E-state index contributed by atoms with van der Waals surface area (Å²) in [6, 6.07) is 6.14. The first-order chi connectivity index (χ1) is 9.79. The van der Waals surface area contributed by atoms with Crippen LogP contribution in [0.5, 0.6) is 5.75 Å². The number of halogens is 1. The number of ether oxygens (including phenoxy) is 1. The molecule has 2 unspecified atom stereocenters. The number of hydrogen-bond acceptors (Lipinski definition) is 2. The third-order valence-electron chi connectivity index (χ3n) is 4.28. The summed E-state index contributed by atoms with van der Waals surface area (Å²) in [5.41, 5.74) is 1.45. The highest BCUT2D eigenvalue weighted by Gasteiger charge is 2.25. The lowest BCUT2D eigenvalue weighted by Crippen LogP contribution is -2.28. The molecule has 0 spiro atoms. The van der Waals surface area contributed by atoms with Crippen molar-refractivity contribution in [2.24, 2.45) is 11.3 Å². The molecule has 0 amide bonds. The highest BCUT2D eigenvalue weighted by molar-refractivity contribution is 6.30. The Morgan fingerprint density at radius 1 is 1.29 bits per heavy atom. The quantitative estimate of drug-likeness (QED) is 0.721. The van der Waals surface area contributed by atoms with E-state index in [9.17, 15) is 0 Å². The van der Waals surface area contributed by atoms with Gasteiger partial charge in [-0.3, -0.25) is 0 Å². The smallest absolute Gasteiger partial charge is 0.123 e. The molecule has 1 N–H and O–H groups in total. The minimum Gasteiger partial charge on any atom is -0.496 e. The van der Waals surface area contributed by atoms with Crippen LogP contribution in [0.4, 0.5) is 0 Å². The highest BCUT2D eigenvalue weighted by atomic mass is 35.5. The topological polar surface area (TPSA) is 21.3 Å². The second-order valence-electron chi connectivity index (χ2n) is 6.90. The van der Waals surface area contributed by atoms with Gasteiger partial charge in [0, 0.05) is 16.6 Å². The Bertz CT molecular complexity index is 439. The van der Waals surface area contributed by atoms with Crippen LogP contribution in [0.25, 0.3) is 0 Å². The van der Waals surface area contributed by atoms with Gasteiger partial charge in [0.05, 0.1) is 7.11 Å². The molecule has 0 bridgehead atoms. The predicted octanol–water partition coefficient (Wildman–Crippen LogP) is 5.46. The lowest BCUT2D eigenvalue weighted by molar-refractivity contribution is 0.221. The molecular weight excluding hydrogens is 282 g/mol. The monoisotopic (exact) mass is 311 g/mol. The molecule has 0 aliphatic heterocycles. The van der Waals surface area contributed by atoms with Crippen molar-refractivity contribution in [2.75, 3.05) is 13.7 Å². The summed E-state index contributed by atoms with van der Waals surface area (Å²) in [7, 11) is 1.72. The standard InChI is InChI=1S/C18H30ClNO/c1-7-10-20-16(11-13(2)18(3,4)5)15-12-14(19)8-9-17(15)21-6/h8-9,12-13,16,20H,7,10-11H2,1-6H3. The van der Waals surface area contributed by atoms with Crippen molar-refractivity contribution in [3.8, 4) is 5.75 Å². The summed E-state index contributed by atoms with van der Waals surface area (Å²) < 4.78 is 5.53. The SMILES string of the molecule is CCCNC(CC(C)C(C)(C)C)c1cc(Cl)ccc1OC. The number of nitrogens with one attached hydrogen (secondary N) is 1. The number of rotatable bonds is 7. The van der Waals surface area contributed by atoms with Gasteiger partial charge in [0.25, 0.3) is 0 Å². The maximum absolute atomic E-state index is 6.20. The average molecular weight is 312 g/mol. The van der Waals surface area contributed by atoms with Gasteiger partial charge in [0.1, 0.15) is 5.75 Å². The molecule has 21 heavy (non-hydrogen) atoms. The van der Waals surface area contributed by atoms with E-state index in [0.717, 1.165) is 35.7 Å². The predicted molar refractivity (Wildman–Crippen MR) is 92.3 cm³/mol. The Morgan fingerprint density at radius 3 is 2.48 bits per heavy atom. The van der Waals surface area contributed by atoms with Crippen molar-refractivity contribution in [1.82, 2.24) is 5.32 Å². The lowest BCUT2D eigenvalue weighted by Gasteiger charge is -2.32. The third kappa shape index (κ3) is 5.52. The van der Waals surface area contributed by atoms with Gasteiger partial charge >= 0.3 is 0 Å². The van der Waals surface area contributed by atoms with E-state index in [0.29, 0.717) is 5.92 Å². The highest BCUT2D eigenvalue weighted by Crippen LogP contribution is 2.37. The van der Waals surface area contributed by atoms with E-state index in [4.69, 9.17) is 16.3 Å². The van der Waals surface area contributed by atoms with E-state index >= 15 is 0 Å². The average Bonchev–Trinajstić information content (AvgIpc) is 2.42. The molecule has 0 aromatic heterocycles. The van der Waals surface area contributed by atoms with Crippen molar-refractivity contribution in [3.63, 3.8) is 0 Å². The Hall–Kier alpha value is -0.730. The largest absolute Gasteiger partial charge is 0.496 e. The van der Waals surface area contributed by atoms with E-state index < -0.39 is 0 Å². The molecule has 3 heteroatoms. The summed E-state index contributed by atoms with van der Waals surface area (Å²) >= 11 is 6.20. The summed E-state index contributed by atoms with van der Waals surface area (Å²) in [6.45, 7) is 12.4. The van der Waals surface area contributed by atoms with Crippen molar-refractivity contribution in [2.45, 2.75) is 53.5 Å². The van der Waals surface area contributed by atoms with Gasteiger partial charge in [0.15, 0.2) is 0 Å². The van der Waals surface area contributed by atoms with Gasteiger partial charge in [-0.2, -0.15) is 0 Å². The molecule has 0 saturated heterocycles. The normalized spacial score (nSPS) is 14.8. The molecule has 1 rings (SSSR count). The first-order valence-electron chi connectivity index (χ1n) is 7.86. The molecule has 0 aliphatic carbocycles. The maximum atomic E-state index is 6.20. The molecule has 1 aromatic carbocycles. The zero-order valence-corrected chi connectivity index (χ0v) is 15.1. The molecule has 0 radical (unpaired) electrons. The van der Waals surface area contributed by atoms with Crippen LogP contribution in [0.15, 0.2) is 18.2 Å². The number of methoxy groups -OCH3 is 1. The summed E-state index contributed by atoms with van der Waals surface area (Å²) in [4.78, 5) is 0. The van der Waals surface area contributed by atoms with E-state index in [-0.39, 0.29) is 11.5 Å². The maximum Gasteiger partial charge on any atom is 0.123 e. The zero-order valence-electron chi connectivity index (χ0n) is 14.3. The minimum atomic E-state index is 0.271. The van der Waals surface area contributed by atoms with Crippen LogP contribution in [0.2, 0.25) is 5.02 Å². The molecule has 0 saturated carbocycles. The van der Waals surface area contributed by atoms with E-state index in [1.165, 1.54) is 0 Å². The van der Waals surface area contributed by atoms with Crippen molar-refractivity contribution in [3.05, 3.63) is 28.8 Å². The number of hydrogen-bond donors (Lipinski definition) is 1. The van der Waals surface area contributed by atoms with Crippen LogP contribution in [-0.4, -0.2) is 13.7 Å².